The highest BCUT2D eigenvalue weighted by Gasteiger charge is 2.04. The quantitative estimate of drug-likeness (QED) is 0.725. The van der Waals surface area contributed by atoms with Crippen LogP contribution in [0.5, 0.6) is 0 Å². The van der Waals surface area contributed by atoms with Crippen LogP contribution in [0.4, 0.5) is 0 Å². The third-order valence-corrected chi connectivity index (χ3v) is 2.94. The van der Waals surface area contributed by atoms with Gasteiger partial charge in [0.2, 0.25) is 0 Å². The van der Waals surface area contributed by atoms with E-state index in [9.17, 15) is 0 Å². The van der Waals surface area contributed by atoms with Gasteiger partial charge in [0.25, 0.3) is 0 Å². The van der Waals surface area contributed by atoms with Gasteiger partial charge in [-0.15, -0.1) is 0 Å². The largest absolute Gasteiger partial charge is 0.393 e. The summed E-state index contributed by atoms with van der Waals surface area (Å²) in [5, 5.41) is 8.96. The fraction of sp³-hybridized carbons (Fsp3) is 0.462. The number of hydrogen-bond acceptors (Lipinski definition) is 3. The Morgan fingerprint density at radius 2 is 1.88 bits per heavy atom. The predicted octanol–water partition coefficient (Wildman–Crippen LogP) is 1.68. The van der Waals surface area contributed by atoms with Crippen LogP contribution < -0.4 is 5.73 Å². The van der Waals surface area contributed by atoms with Gasteiger partial charge >= 0.3 is 0 Å². The second-order valence-electron chi connectivity index (χ2n) is 4.06. The van der Waals surface area contributed by atoms with Gasteiger partial charge in [-0.3, -0.25) is 4.90 Å². The van der Waals surface area contributed by atoms with Crippen molar-refractivity contribution in [3.05, 3.63) is 35.4 Å². The number of nitrogens with two attached hydrogens (primary N) is 1. The fourth-order valence-electron chi connectivity index (χ4n) is 1.63. The van der Waals surface area contributed by atoms with Gasteiger partial charge in [-0.25, -0.2) is 0 Å². The van der Waals surface area contributed by atoms with E-state index in [0.717, 1.165) is 31.6 Å². The number of nitrogens with zero attached hydrogens (tertiary/aromatic N) is 1. The average Bonchev–Trinajstić information content (AvgIpc) is 2.35. The van der Waals surface area contributed by atoms with Crippen molar-refractivity contribution in [2.24, 2.45) is 5.73 Å². The molecule has 1 rings (SSSR count). The first kappa shape index (κ1) is 14.1. The highest BCUT2D eigenvalue weighted by Crippen LogP contribution is 2.08. The lowest BCUT2D eigenvalue weighted by Gasteiger charge is -2.20. The summed E-state index contributed by atoms with van der Waals surface area (Å²) in [5.74, 6) is 0. The third kappa shape index (κ3) is 5.26. The van der Waals surface area contributed by atoms with Crippen molar-refractivity contribution in [2.75, 3.05) is 13.1 Å². The molecule has 0 aromatic heterocycles. The van der Waals surface area contributed by atoms with Gasteiger partial charge in [-0.05, 0) is 17.7 Å². The van der Waals surface area contributed by atoms with E-state index in [-0.39, 0.29) is 6.61 Å². The van der Waals surface area contributed by atoms with Crippen molar-refractivity contribution in [1.29, 1.82) is 0 Å². The first-order valence-electron chi connectivity index (χ1n) is 5.85. The van der Waals surface area contributed by atoms with Crippen LogP contribution in [-0.2, 0) is 13.2 Å². The van der Waals surface area contributed by atoms with E-state index in [0.29, 0.717) is 4.99 Å². The molecule has 0 heterocycles. The minimum Gasteiger partial charge on any atom is -0.393 e. The third-order valence-electron chi connectivity index (χ3n) is 2.73. The summed E-state index contributed by atoms with van der Waals surface area (Å²) in [6.07, 6.45) is 0.762. The number of aliphatic hydroxyl groups is 1. The Bertz CT molecular complexity index is 351. The monoisotopic (exact) mass is 252 g/mol. The Morgan fingerprint density at radius 3 is 2.35 bits per heavy atom. The van der Waals surface area contributed by atoms with Crippen LogP contribution in [0.2, 0.25) is 0 Å². The zero-order chi connectivity index (χ0) is 12.7. The van der Waals surface area contributed by atoms with Crippen LogP contribution in [0.3, 0.4) is 0 Å². The average molecular weight is 252 g/mol. The fourth-order valence-corrected chi connectivity index (χ4v) is 1.72. The van der Waals surface area contributed by atoms with Gasteiger partial charge < -0.3 is 10.8 Å². The molecule has 17 heavy (non-hydrogen) atoms. The Balaban J connectivity index is 2.51. The maximum Gasteiger partial charge on any atom is 0.0740 e. The minimum absolute atomic E-state index is 0.0964. The first-order valence-corrected chi connectivity index (χ1v) is 6.26. The molecule has 0 radical (unpaired) electrons. The second kappa shape index (κ2) is 7.37. The standard InChI is InChI=1S/C13H20N2OS/c1-2-15(8-7-13(14)17)9-11-3-5-12(10-16)6-4-11/h3-6,16H,2,7-10H2,1H3,(H2,14,17). The zero-order valence-electron chi connectivity index (χ0n) is 10.2. The van der Waals surface area contributed by atoms with Crippen molar-refractivity contribution in [3.63, 3.8) is 0 Å². The highest BCUT2D eigenvalue weighted by atomic mass is 32.1. The van der Waals surface area contributed by atoms with E-state index in [1.807, 2.05) is 12.1 Å². The van der Waals surface area contributed by atoms with Gasteiger partial charge in [0.15, 0.2) is 0 Å². The van der Waals surface area contributed by atoms with Crippen LogP contribution >= 0.6 is 12.2 Å². The van der Waals surface area contributed by atoms with Gasteiger partial charge in [-0.1, -0.05) is 43.4 Å². The van der Waals surface area contributed by atoms with Crippen molar-refractivity contribution in [3.8, 4) is 0 Å². The molecule has 3 N–H and O–H groups in total. The van der Waals surface area contributed by atoms with Gasteiger partial charge in [-0.2, -0.15) is 0 Å². The first-order chi connectivity index (χ1) is 8.15. The molecule has 0 fully saturated rings. The topological polar surface area (TPSA) is 49.5 Å². The molecule has 4 heteroatoms. The van der Waals surface area contributed by atoms with E-state index in [1.165, 1.54) is 5.56 Å². The summed E-state index contributed by atoms with van der Waals surface area (Å²) in [5.41, 5.74) is 7.69. The Hall–Kier alpha value is -0.970. The molecule has 0 aliphatic heterocycles. The normalized spacial score (nSPS) is 10.8. The molecule has 1 aromatic carbocycles. The predicted molar refractivity (Wildman–Crippen MR) is 74.7 cm³/mol. The molecule has 94 valence electrons. The van der Waals surface area contributed by atoms with Crippen molar-refractivity contribution in [1.82, 2.24) is 4.90 Å². The molecule has 0 aliphatic carbocycles. The molecule has 0 saturated heterocycles. The highest BCUT2D eigenvalue weighted by molar-refractivity contribution is 7.80. The lowest BCUT2D eigenvalue weighted by molar-refractivity contribution is 0.280. The summed E-state index contributed by atoms with van der Waals surface area (Å²) in [7, 11) is 0. The molecule has 0 saturated carbocycles. The zero-order valence-corrected chi connectivity index (χ0v) is 11.0. The molecule has 0 bridgehead atoms. The summed E-state index contributed by atoms with van der Waals surface area (Å²) < 4.78 is 0. The van der Waals surface area contributed by atoms with E-state index in [1.54, 1.807) is 0 Å². The van der Waals surface area contributed by atoms with E-state index in [4.69, 9.17) is 23.1 Å². The maximum atomic E-state index is 8.96. The van der Waals surface area contributed by atoms with Gasteiger partial charge in [0.1, 0.15) is 0 Å². The van der Waals surface area contributed by atoms with Crippen LogP contribution in [0.25, 0.3) is 0 Å². The molecule has 0 unspecified atom stereocenters. The Morgan fingerprint density at radius 1 is 1.29 bits per heavy atom. The number of thiocarbonyl (C=S) groups is 1. The molecule has 3 nitrogen and oxygen atoms in total. The van der Waals surface area contributed by atoms with Crippen LogP contribution in [0, 0.1) is 0 Å². The van der Waals surface area contributed by atoms with E-state index >= 15 is 0 Å². The minimum atomic E-state index is 0.0964. The van der Waals surface area contributed by atoms with Crippen LogP contribution in [0.15, 0.2) is 24.3 Å². The van der Waals surface area contributed by atoms with E-state index in [2.05, 4.69) is 24.0 Å². The Labute approximate surface area is 108 Å². The lowest BCUT2D eigenvalue weighted by Crippen LogP contribution is -2.27. The van der Waals surface area contributed by atoms with Crippen LogP contribution in [-0.4, -0.2) is 28.1 Å². The SMILES string of the molecule is CCN(CCC(N)=S)Cc1ccc(CO)cc1. The Kier molecular flexibility index (Phi) is 6.11. The smallest absolute Gasteiger partial charge is 0.0740 e. The van der Waals surface area contributed by atoms with Crippen molar-refractivity contribution < 1.29 is 5.11 Å². The van der Waals surface area contributed by atoms with Crippen molar-refractivity contribution >= 4 is 17.2 Å². The summed E-state index contributed by atoms with van der Waals surface area (Å²) in [6.45, 7) is 4.99. The van der Waals surface area contributed by atoms with Crippen LogP contribution in [0.1, 0.15) is 24.5 Å². The lowest BCUT2D eigenvalue weighted by atomic mass is 10.1. The number of aliphatic hydroxyl groups excluding tert-OH is 1. The molecule has 0 atom stereocenters. The summed E-state index contributed by atoms with van der Waals surface area (Å²) in [6, 6.07) is 8.01. The second-order valence-corrected chi connectivity index (χ2v) is 4.58. The summed E-state index contributed by atoms with van der Waals surface area (Å²) >= 11 is 4.88. The molecule has 0 aliphatic rings. The molecular weight excluding hydrogens is 232 g/mol. The number of benzene rings is 1. The number of rotatable bonds is 7. The molecular formula is C13H20N2OS. The maximum absolute atomic E-state index is 8.96. The number of hydrogen-bond donors (Lipinski definition) is 2. The molecule has 0 amide bonds. The summed E-state index contributed by atoms with van der Waals surface area (Å²) in [4.78, 5) is 2.87. The molecule has 0 spiro atoms. The van der Waals surface area contributed by atoms with Gasteiger partial charge in [0.05, 0.1) is 11.6 Å². The van der Waals surface area contributed by atoms with Gasteiger partial charge in [0, 0.05) is 19.5 Å². The molecule has 1 aromatic rings. The van der Waals surface area contributed by atoms with Crippen molar-refractivity contribution in [2.45, 2.75) is 26.5 Å². The van der Waals surface area contributed by atoms with E-state index < -0.39 is 0 Å².